The Morgan fingerprint density at radius 1 is 1.38 bits per heavy atom. The predicted molar refractivity (Wildman–Crippen MR) is 79.0 cm³/mol. The van der Waals surface area contributed by atoms with Crippen LogP contribution in [0.2, 0.25) is 0 Å². The number of hydrogen-bond donors (Lipinski definition) is 1. The van der Waals surface area contributed by atoms with Gasteiger partial charge in [-0.2, -0.15) is 0 Å². The first kappa shape index (κ1) is 15.8. The van der Waals surface area contributed by atoms with Crippen LogP contribution in [0.4, 0.5) is 10.1 Å². The summed E-state index contributed by atoms with van der Waals surface area (Å²) in [5.41, 5.74) is 0.0163. The van der Waals surface area contributed by atoms with E-state index < -0.39 is 15.8 Å². The molecular weight excluding hydrogens is 295 g/mol. The number of halogens is 1. The highest BCUT2D eigenvalue weighted by Gasteiger charge is 2.24. The Hall–Kier alpha value is -1.63. The fraction of sp³-hybridized carbons (Fsp3) is 0.500. The minimum absolute atomic E-state index is 0.0163. The fourth-order valence-electron chi connectivity index (χ4n) is 2.03. The maximum atomic E-state index is 13.8. The topological polar surface area (TPSA) is 66.5 Å². The summed E-state index contributed by atoms with van der Waals surface area (Å²) >= 11 is 0. The molecule has 7 heteroatoms. The predicted octanol–water partition coefficient (Wildman–Crippen LogP) is 1.65. The Morgan fingerprint density at radius 3 is 2.62 bits per heavy atom. The lowest BCUT2D eigenvalue weighted by Gasteiger charge is -2.22. The Kier molecular flexibility index (Phi) is 4.82. The van der Waals surface area contributed by atoms with Gasteiger partial charge in [-0.15, -0.1) is 0 Å². The van der Waals surface area contributed by atoms with Crippen LogP contribution in [0.25, 0.3) is 0 Å². The van der Waals surface area contributed by atoms with E-state index in [9.17, 15) is 17.6 Å². The lowest BCUT2D eigenvalue weighted by Crippen LogP contribution is -2.33. The van der Waals surface area contributed by atoms with Crippen molar-refractivity contribution in [2.24, 2.45) is 0 Å². The SMILES string of the molecule is CS(=O)(=O)N(CCCC(=O)NC1CC1)c1ccccc1F. The number of carbonyl (C=O) groups is 1. The van der Waals surface area contributed by atoms with E-state index in [1.54, 1.807) is 6.07 Å². The molecule has 1 fully saturated rings. The lowest BCUT2D eigenvalue weighted by atomic mass is 10.2. The van der Waals surface area contributed by atoms with Crippen LogP contribution in [0.3, 0.4) is 0 Å². The van der Waals surface area contributed by atoms with Crippen LogP contribution in [0.1, 0.15) is 25.7 Å². The largest absolute Gasteiger partial charge is 0.353 e. The number of rotatable bonds is 7. The maximum Gasteiger partial charge on any atom is 0.232 e. The van der Waals surface area contributed by atoms with Crippen molar-refractivity contribution in [3.63, 3.8) is 0 Å². The standard InChI is InChI=1S/C14H19FN2O3S/c1-21(19,20)17(13-6-3-2-5-12(13)15)10-4-7-14(18)16-11-8-9-11/h2-3,5-6,11H,4,7-10H2,1H3,(H,16,18). The van der Waals surface area contributed by atoms with Gasteiger partial charge >= 0.3 is 0 Å². The van der Waals surface area contributed by atoms with Crippen LogP contribution in [0, 0.1) is 5.82 Å². The smallest absolute Gasteiger partial charge is 0.232 e. The Balaban J connectivity index is 1.97. The third kappa shape index (κ3) is 4.70. The third-order valence-corrected chi connectivity index (χ3v) is 4.41. The molecule has 0 heterocycles. The number of hydrogen-bond acceptors (Lipinski definition) is 3. The molecule has 0 atom stereocenters. The van der Waals surface area contributed by atoms with Gasteiger partial charge in [0.15, 0.2) is 0 Å². The van der Waals surface area contributed by atoms with Crippen molar-refractivity contribution in [3.8, 4) is 0 Å². The molecule has 0 aliphatic heterocycles. The van der Waals surface area contributed by atoms with Crippen molar-refractivity contribution in [2.75, 3.05) is 17.1 Å². The van der Waals surface area contributed by atoms with E-state index in [2.05, 4.69) is 5.32 Å². The van der Waals surface area contributed by atoms with Gasteiger partial charge in [-0.25, -0.2) is 12.8 Å². The minimum Gasteiger partial charge on any atom is -0.353 e. The van der Waals surface area contributed by atoms with Gasteiger partial charge in [0.05, 0.1) is 11.9 Å². The van der Waals surface area contributed by atoms with Crippen LogP contribution >= 0.6 is 0 Å². The highest BCUT2D eigenvalue weighted by molar-refractivity contribution is 7.92. The molecular formula is C14H19FN2O3S. The van der Waals surface area contributed by atoms with Gasteiger partial charge in [-0.3, -0.25) is 9.10 Å². The summed E-state index contributed by atoms with van der Waals surface area (Å²) in [6.45, 7) is 0.0812. The van der Waals surface area contributed by atoms with Crippen molar-refractivity contribution >= 4 is 21.6 Å². The number of nitrogens with zero attached hydrogens (tertiary/aromatic N) is 1. The molecule has 0 aromatic heterocycles. The zero-order valence-electron chi connectivity index (χ0n) is 11.9. The van der Waals surface area contributed by atoms with E-state index in [1.807, 2.05) is 0 Å². The van der Waals surface area contributed by atoms with Gasteiger partial charge in [0, 0.05) is 19.0 Å². The molecule has 0 radical (unpaired) electrons. The first-order valence-corrected chi connectivity index (χ1v) is 8.74. The lowest BCUT2D eigenvalue weighted by molar-refractivity contribution is -0.121. The molecule has 1 saturated carbocycles. The van der Waals surface area contributed by atoms with Crippen LogP contribution in [0.5, 0.6) is 0 Å². The molecule has 1 amide bonds. The highest BCUT2D eigenvalue weighted by Crippen LogP contribution is 2.22. The molecule has 0 unspecified atom stereocenters. The first-order valence-electron chi connectivity index (χ1n) is 6.89. The fourth-order valence-corrected chi connectivity index (χ4v) is 3.00. The number of amides is 1. The molecule has 21 heavy (non-hydrogen) atoms. The van der Waals surface area contributed by atoms with Gasteiger partial charge in [0.1, 0.15) is 5.82 Å². The number of para-hydroxylation sites is 1. The van der Waals surface area contributed by atoms with Crippen molar-refractivity contribution in [2.45, 2.75) is 31.7 Å². The van der Waals surface area contributed by atoms with Crippen LogP contribution in [-0.2, 0) is 14.8 Å². The van der Waals surface area contributed by atoms with Gasteiger partial charge in [-0.05, 0) is 31.4 Å². The Bertz CT molecular complexity index is 614. The van der Waals surface area contributed by atoms with Crippen LogP contribution in [-0.4, -0.2) is 33.2 Å². The molecule has 0 spiro atoms. The van der Waals surface area contributed by atoms with E-state index in [-0.39, 0.29) is 30.6 Å². The van der Waals surface area contributed by atoms with Crippen molar-refractivity contribution in [3.05, 3.63) is 30.1 Å². The summed E-state index contributed by atoms with van der Waals surface area (Å²) in [4.78, 5) is 11.6. The third-order valence-electron chi connectivity index (χ3n) is 3.23. The second-order valence-corrected chi connectivity index (χ2v) is 7.14. The van der Waals surface area contributed by atoms with Gasteiger partial charge in [0.25, 0.3) is 0 Å². The number of benzene rings is 1. The zero-order chi connectivity index (χ0) is 15.5. The van der Waals surface area contributed by atoms with Crippen LogP contribution in [0.15, 0.2) is 24.3 Å². The number of sulfonamides is 1. The summed E-state index contributed by atoms with van der Waals surface area (Å²) in [6.07, 6.45) is 3.63. The molecule has 1 aromatic rings. The molecule has 1 aliphatic carbocycles. The molecule has 2 rings (SSSR count). The molecule has 1 N–H and O–H groups in total. The number of nitrogens with one attached hydrogen (secondary N) is 1. The maximum absolute atomic E-state index is 13.8. The van der Waals surface area contributed by atoms with Gasteiger partial charge in [-0.1, -0.05) is 12.1 Å². The molecule has 0 saturated heterocycles. The van der Waals surface area contributed by atoms with Crippen LogP contribution < -0.4 is 9.62 Å². The van der Waals surface area contributed by atoms with E-state index in [0.29, 0.717) is 6.42 Å². The summed E-state index contributed by atoms with van der Waals surface area (Å²) < 4.78 is 38.4. The summed E-state index contributed by atoms with van der Waals surface area (Å²) in [6, 6.07) is 6.00. The molecule has 5 nitrogen and oxygen atoms in total. The quantitative estimate of drug-likeness (QED) is 0.832. The number of carbonyl (C=O) groups excluding carboxylic acids is 1. The second kappa shape index (κ2) is 6.43. The Morgan fingerprint density at radius 2 is 2.05 bits per heavy atom. The molecule has 1 aromatic carbocycles. The summed E-state index contributed by atoms with van der Waals surface area (Å²) in [5.74, 6) is -0.676. The zero-order valence-corrected chi connectivity index (χ0v) is 12.7. The highest BCUT2D eigenvalue weighted by atomic mass is 32.2. The summed E-state index contributed by atoms with van der Waals surface area (Å²) in [7, 11) is -3.59. The van der Waals surface area contributed by atoms with E-state index in [0.717, 1.165) is 23.4 Å². The van der Waals surface area contributed by atoms with Crippen molar-refractivity contribution in [1.29, 1.82) is 0 Å². The molecule has 1 aliphatic rings. The molecule has 0 bridgehead atoms. The van der Waals surface area contributed by atoms with E-state index in [1.165, 1.54) is 18.2 Å². The van der Waals surface area contributed by atoms with Crippen molar-refractivity contribution < 1.29 is 17.6 Å². The first-order chi connectivity index (χ1) is 9.88. The van der Waals surface area contributed by atoms with Gasteiger partial charge in [0.2, 0.25) is 15.9 Å². The second-order valence-electron chi connectivity index (χ2n) is 5.23. The molecule has 116 valence electrons. The summed E-state index contributed by atoms with van der Waals surface area (Å²) in [5, 5.41) is 2.84. The number of anilines is 1. The van der Waals surface area contributed by atoms with Crippen molar-refractivity contribution in [1.82, 2.24) is 5.32 Å². The average molecular weight is 314 g/mol. The van der Waals surface area contributed by atoms with E-state index in [4.69, 9.17) is 0 Å². The Labute approximate surface area is 124 Å². The van der Waals surface area contributed by atoms with E-state index >= 15 is 0 Å². The minimum atomic E-state index is -3.59. The normalized spacial score (nSPS) is 14.8. The van der Waals surface area contributed by atoms with Gasteiger partial charge < -0.3 is 5.32 Å². The monoisotopic (exact) mass is 314 g/mol. The average Bonchev–Trinajstić information content (AvgIpc) is 3.18.